The molecule has 17 heavy (non-hydrogen) atoms. The molecule has 3 rings (SSSR count). The molecule has 0 saturated carbocycles. The highest BCUT2D eigenvalue weighted by Crippen LogP contribution is 2.22. The summed E-state index contributed by atoms with van der Waals surface area (Å²) in [4.78, 5) is 1.23. The average Bonchev–Trinajstić information content (AvgIpc) is 2.94. The van der Waals surface area contributed by atoms with Gasteiger partial charge in [-0.15, -0.1) is 26.2 Å². The second kappa shape index (κ2) is 4.38. The van der Waals surface area contributed by atoms with Gasteiger partial charge in [-0.05, 0) is 50.6 Å². The van der Waals surface area contributed by atoms with E-state index in [2.05, 4.69) is 47.9 Å². The second-order valence-electron chi connectivity index (χ2n) is 3.30. The molecule has 8 heteroatoms. The minimum absolute atomic E-state index is 0.634. The van der Waals surface area contributed by atoms with Gasteiger partial charge < -0.3 is 5.32 Å². The minimum atomic E-state index is 0.634. The van der Waals surface area contributed by atoms with Crippen molar-refractivity contribution in [2.24, 2.45) is 0 Å². The molecule has 3 heterocycles. The fourth-order valence-electron chi connectivity index (χ4n) is 1.37. The molecule has 0 spiro atoms. The van der Waals surface area contributed by atoms with E-state index in [1.54, 1.807) is 11.3 Å². The van der Waals surface area contributed by atoms with Crippen LogP contribution in [0, 0.1) is 0 Å². The van der Waals surface area contributed by atoms with E-state index in [1.807, 2.05) is 18.2 Å². The normalized spacial score (nSPS) is 10.9. The summed E-state index contributed by atoms with van der Waals surface area (Å²) in [5.74, 6) is 0.745. The van der Waals surface area contributed by atoms with Gasteiger partial charge in [-0.2, -0.15) is 0 Å². The lowest BCUT2D eigenvalue weighted by Gasteiger charge is -2.02. The lowest BCUT2D eigenvalue weighted by atomic mass is 10.4. The molecule has 0 aliphatic carbocycles. The van der Waals surface area contributed by atoms with Crippen LogP contribution in [-0.4, -0.2) is 25.3 Å². The Hall–Kier alpha value is -1.54. The Morgan fingerprint density at radius 1 is 1.29 bits per heavy atom. The number of hydrogen-bond donors (Lipinski definition) is 1. The number of rotatable bonds is 3. The monoisotopic (exact) mass is 310 g/mol. The summed E-state index contributed by atoms with van der Waals surface area (Å²) in [7, 11) is 0. The first-order chi connectivity index (χ1) is 8.31. The van der Waals surface area contributed by atoms with Crippen molar-refractivity contribution < 1.29 is 0 Å². The Morgan fingerprint density at radius 2 is 2.24 bits per heavy atom. The second-order valence-corrected chi connectivity index (χ2v) is 5.85. The summed E-state index contributed by atoms with van der Waals surface area (Å²) in [5.41, 5.74) is 0.634. The first-order valence-electron chi connectivity index (χ1n) is 4.85. The van der Waals surface area contributed by atoms with Gasteiger partial charge in [0.1, 0.15) is 5.82 Å². The number of aromatic nitrogens is 5. The standard InChI is InChI=1S/C9H7BrN6S/c10-7-2-1-6(17-7)5-11-8-3-4-9-12-14-15-16(9)13-8/h1-4H,5H2,(H,11,13). The fourth-order valence-corrected chi connectivity index (χ4v) is 2.79. The molecule has 86 valence electrons. The molecule has 0 aliphatic rings. The van der Waals surface area contributed by atoms with E-state index < -0.39 is 0 Å². The van der Waals surface area contributed by atoms with Crippen LogP contribution in [0.2, 0.25) is 0 Å². The zero-order valence-corrected chi connectivity index (χ0v) is 10.9. The van der Waals surface area contributed by atoms with E-state index in [1.165, 1.54) is 9.51 Å². The first kappa shape index (κ1) is 10.6. The number of anilines is 1. The quantitative estimate of drug-likeness (QED) is 0.801. The molecule has 0 fully saturated rings. The molecular weight excluding hydrogens is 304 g/mol. The molecule has 6 nitrogen and oxygen atoms in total. The van der Waals surface area contributed by atoms with Gasteiger partial charge >= 0.3 is 0 Å². The van der Waals surface area contributed by atoms with Crippen LogP contribution in [0.25, 0.3) is 5.65 Å². The van der Waals surface area contributed by atoms with E-state index in [-0.39, 0.29) is 0 Å². The highest BCUT2D eigenvalue weighted by molar-refractivity contribution is 9.11. The van der Waals surface area contributed by atoms with E-state index in [0.29, 0.717) is 5.65 Å². The lowest BCUT2D eigenvalue weighted by Crippen LogP contribution is -2.03. The van der Waals surface area contributed by atoms with Crippen LogP contribution in [0.3, 0.4) is 0 Å². The zero-order chi connectivity index (χ0) is 11.7. The summed E-state index contributed by atoms with van der Waals surface area (Å²) in [6.07, 6.45) is 0. The number of fused-ring (bicyclic) bond motifs is 1. The maximum Gasteiger partial charge on any atom is 0.200 e. The third kappa shape index (κ3) is 2.27. The van der Waals surface area contributed by atoms with Crippen molar-refractivity contribution in [1.82, 2.24) is 25.3 Å². The van der Waals surface area contributed by atoms with Crippen LogP contribution in [0.1, 0.15) is 4.88 Å². The van der Waals surface area contributed by atoms with Crippen molar-refractivity contribution in [1.29, 1.82) is 0 Å². The lowest BCUT2D eigenvalue weighted by molar-refractivity contribution is 0.734. The van der Waals surface area contributed by atoms with E-state index in [0.717, 1.165) is 16.1 Å². The largest absolute Gasteiger partial charge is 0.364 e. The Bertz CT molecular complexity index is 648. The first-order valence-corrected chi connectivity index (χ1v) is 6.46. The Balaban J connectivity index is 1.76. The van der Waals surface area contributed by atoms with Crippen molar-refractivity contribution in [2.45, 2.75) is 6.54 Å². The molecule has 0 aliphatic heterocycles. The van der Waals surface area contributed by atoms with Crippen molar-refractivity contribution in [2.75, 3.05) is 5.32 Å². The molecule has 1 N–H and O–H groups in total. The number of hydrogen-bond acceptors (Lipinski definition) is 6. The van der Waals surface area contributed by atoms with Gasteiger partial charge in [0.15, 0.2) is 5.65 Å². The molecule has 3 aromatic rings. The van der Waals surface area contributed by atoms with Crippen LogP contribution >= 0.6 is 27.3 Å². The van der Waals surface area contributed by atoms with Gasteiger partial charge in [0.2, 0.25) is 0 Å². The predicted molar refractivity (Wildman–Crippen MR) is 67.9 cm³/mol. The van der Waals surface area contributed by atoms with E-state index >= 15 is 0 Å². The topological polar surface area (TPSA) is 68.0 Å². The van der Waals surface area contributed by atoms with Gasteiger partial charge in [-0.3, -0.25) is 0 Å². The molecule has 0 unspecified atom stereocenters. The maximum absolute atomic E-state index is 4.22. The van der Waals surface area contributed by atoms with E-state index in [9.17, 15) is 0 Å². The van der Waals surface area contributed by atoms with Crippen LogP contribution in [0.5, 0.6) is 0 Å². The third-order valence-electron chi connectivity index (χ3n) is 2.14. The molecule has 0 atom stereocenters. The van der Waals surface area contributed by atoms with E-state index in [4.69, 9.17) is 0 Å². The SMILES string of the molecule is Brc1ccc(CNc2ccc3nnnn3n2)s1. The molecule has 0 radical (unpaired) electrons. The van der Waals surface area contributed by atoms with Gasteiger partial charge in [-0.25, -0.2) is 0 Å². The van der Waals surface area contributed by atoms with Crippen molar-refractivity contribution >= 4 is 38.7 Å². The van der Waals surface area contributed by atoms with Crippen molar-refractivity contribution in [3.63, 3.8) is 0 Å². The fraction of sp³-hybridized carbons (Fsp3) is 0.111. The molecule has 0 amide bonds. The summed E-state index contributed by atoms with van der Waals surface area (Å²) < 4.78 is 2.52. The maximum atomic E-state index is 4.22. The number of halogens is 1. The van der Waals surface area contributed by atoms with Crippen LogP contribution in [0.15, 0.2) is 28.1 Å². The molecule has 3 aromatic heterocycles. The zero-order valence-electron chi connectivity index (χ0n) is 8.54. The van der Waals surface area contributed by atoms with Crippen LogP contribution in [-0.2, 0) is 6.54 Å². The van der Waals surface area contributed by atoms with Crippen LogP contribution in [0.4, 0.5) is 5.82 Å². The number of thiophene rings is 1. The van der Waals surface area contributed by atoms with Gasteiger partial charge in [0.25, 0.3) is 0 Å². The summed E-state index contributed by atoms with van der Waals surface area (Å²) in [6.45, 7) is 0.733. The van der Waals surface area contributed by atoms with Gasteiger partial charge in [-0.1, -0.05) is 0 Å². The predicted octanol–water partition coefficient (Wildman–Crippen LogP) is 1.96. The summed E-state index contributed by atoms with van der Waals surface area (Å²) in [6, 6.07) is 7.77. The molecule has 0 bridgehead atoms. The summed E-state index contributed by atoms with van der Waals surface area (Å²) >= 11 is 5.12. The minimum Gasteiger partial charge on any atom is -0.364 e. The smallest absolute Gasteiger partial charge is 0.200 e. The number of nitrogens with one attached hydrogen (secondary N) is 1. The number of tetrazole rings is 1. The molecule has 0 aromatic carbocycles. The highest BCUT2D eigenvalue weighted by atomic mass is 79.9. The van der Waals surface area contributed by atoms with Gasteiger partial charge in [0, 0.05) is 4.88 Å². The third-order valence-corrected chi connectivity index (χ3v) is 3.77. The van der Waals surface area contributed by atoms with Gasteiger partial charge in [0.05, 0.1) is 10.3 Å². The Labute approximate surface area is 109 Å². The molecular formula is C9H7BrN6S. The molecule has 0 saturated heterocycles. The van der Waals surface area contributed by atoms with Crippen molar-refractivity contribution in [3.8, 4) is 0 Å². The highest BCUT2D eigenvalue weighted by Gasteiger charge is 2.01. The Morgan fingerprint density at radius 3 is 3.06 bits per heavy atom. The Kier molecular flexibility index (Phi) is 2.73. The summed E-state index contributed by atoms with van der Waals surface area (Å²) in [5, 5.41) is 18.5. The van der Waals surface area contributed by atoms with Crippen LogP contribution < -0.4 is 5.32 Å². The number of nitrogens with zero attached hydrogens (tertiary/aromatic N) is 5. The van der Waals surface area contributed by atoms with Crippen molar-refractivity contribution in [3.05, 3.63) is 32.9 Å². The average molecular weight is 311 g/mol.